The van der Waals surface area contributed by atoms with Crippen molar-refractivity contribution < 1.29 is 0 Å². The number of nitrogens with zero attached hydrogens (tertiary/aromatic N) is 3. The summed E-state index contributed by atoms with van der Waals surface area (Å²) in [6.45, 7) is 5.09. The fourth-order valence-corrected chi connectivity index (χ4v) is 2.72. The molecule has 1 aromatic heterocycles. The van der Waals surface area contributed by atoms with Gasteiger partial charge >= 0.3 is 0 Å². The summed E-state index contributed by atoms with van der Waals surface area (Å²) < 4.78 is 1.96. The van der Waals surface area contributed by atoms with Gasteiger partial charge in [0.2, 0.25) is 0 Å². The standard InChI is InChI=1S/C14H18BrN3/c1-3-18-14(16-10-17-18)8-13(9-15)12-6-4-5-11(2)7-12/h4-7,10,13H,3,8-9H2,1-2H3. The van der Waals surface area contributed by atoms with Gasteiger partial charge in [-0.15, -0.1) is 0 Å². The molecule has 0 fully saturated rings. The molecule has 0 bridgehead atoms. The molecule has 3 nitrogen and oxygen atoms in total. The van der Waals surface area contributed by atoms with Gasteiger partial charge in [0.25, 0.3) is 0 Å². The smallest absolute Gasteiger partial charge is 0.138 e. The number of aryl methyl sites for hydroxylation is 2. The van der Waals surface area contributed by atoms with E-state index in [9.17, 15) is 0 Å². The molecule has 2 aromatic rings. The molecule has 1 aromatic carbocycles. The fourth-order valence-electron chi connectivity index (χ4n) is 2.12. The van der Waals surface area contributed by atoms with Crippen molar-refractivity contribution in [2.24, 2.45) is 0 Å². The van der Waals surface area contributed by atoms with E-state index in [1.807, 2.05) is 4.68 Å². The first-order chi connectivity index (χ1) is 8.74. The van der Waals surface area contributed by atoms with Gasteiger partial charge in [-0.2, -0.15) is 5.10 Å². The lowest BCUT2D eigenvalue weighted by molar-refractivity contribution is 0.592. The molecular weight excluding hydrogens is 290 g/mol. The van der Waals surface area contributed by atoms with E-state index in [-0.39, 0.29) is 0 Å². The summed E-state index contributed by atoms with van der Waals surface area (Å²) in [4.78, 5) is 4.35. The third kappa shape index (κ3) is 2.99. The van der Waals surface area contributed by atoms with Crippen LogP contribution in [0.5, 0.6) is 0 Å². The average molecular weight is 308 g/mol. The normalized spacial score (nSPS) is 12.6. The molecular formula is C14H18BrN3. The Morgan fingerprint density at radius 3 is 2.89 bits per heavy atom. The second-order valence-corrected chi connectivity index (χ2v) is 5.11. The van der Waals surface area contributed by atoms with Gasteiger partial charge in [0.1, 0.15) is 12.2 Å². The minimum atomic E-state index is 0.444. The zero-order chi connectivity index (χ0) is 13.0. The molecule has 4 heteroatoms. The van der Waals surface area contributed by atoms with Gasteiger partial charge in [-0.3, -0.25) is 4.68 Å². The molecule has 2 rings (SSSR count). The summed E-state index contributed by atoms with van der Waals surface area (Å²) in [5.41, 5.74) is 2.66. The maximum Gasteiger partial charge on any atom is 0.138 e. The van der Waals surface area contributed by atoms with Crippen molar-refractivity contribution in [1.29, 1.82) is 0 Å². The maximum atomic E-state index is 4.35. The van der Waals surface area contributed by atoms with Crippen LogP contribution in [0.3, 0.4) is 0 Å². The lowest BCUT2D eigenvalue weighted by Gasteiger charge is -2.15. The van der Waals surface area contributed by atoms with Gasteiger partial charge in [0, 0.05) is 24.2 Å². The number of benzene rings is 1. The first-order valence-electron chi connectivity index (χ1n) is 6.23. The van der Waals surface area contributed by atoms with Crippen LogP contribution in [0.4, 0.5) is 0 Å². The molecule has 0 amide bonds. The Morgan fingerprint density at radius 1 is 1.39 bits per heavy atom. The molecule has 0 spiro atoms. The Labute approximate surface area is 116 Å². The SMILES string of the molecule is CCn1ncnc1CC(CBr)c1cccc(C)c1. The zero-order valence-corrected chi connectivity index (χ0v) is 12.4. The van der Waals surface area contributed by atoms with E-state index in [0.717, 1.165) is 24.1 Å². The molecule has 0 saturated carbocycles. The van der Waals surface area contributed by atoms with E-state index < -0.39 is 0 Å². The van der Waals surface area contributed by atoms with Crippen LogP contribution in [0.15, 0.2) is 30.6 Å². The molecule has 18 heavy (non-hydrogen) atoms. The lowest BCUT2D eigenvalue weighted by Crippen LogP contribution is -2.11. The topological polar surface area (TPSA) is 30.7 Å². The molecule has 0 saturated heterocycles. The van der Waals surface area contributed by atoms with Crippen molar-refractivity contribution >= 4 is 15.9 Å². The van der Waals surface area contributed by atoms with Crippen LogP contribution in [0.2, 0.25) is 0 Å². The molecule has 96 valence electrons. The number of hydrogen-bond acceptors (Lipinski definition) is 2. The van der Waals surface area contributed by atoms with Crippen molar-refractivity contribution in [3.8, 4) is 0 Å². The minimum absolute atomic E-state index is 0.444. The zero-order valence-electron chi connectivity index (χ0n) is 10.8. The molecule has 1 unspecified atom stereocenters. The molecule has 1 atom stereocenters. The Balaban J connectivity index is 2.20. The van der Waals surface area contributed by atoms with Gasteiger partial charge in [0.15, 0.2) is 0 Å². The van der Waals surface area contributed by atoms with E-state index in [1.54, 1.807) is 6.33 Å². The summed E-state index contributed by atoms with van der Waals surface area (Å²) in [7, 11) is 0. The highest BCUT2D eigenvalue weighted by molar-refractivity contribution is 9.09. The van der Waals surface area contributed by atoms with E-state index in [1.165, 1.54) is 11.1 Å². The van der Waals surface area contributed by atoms with Crippen LogP contribution in [-0.4, -0.2) is 20.1 Å². The number of rotatable bonds is 5. The van der Waals surface area contributed by atoms with Gasteiger partial charge in [-0.05, 0) is 19.4 Å². The van der Waals surface area contributed by atoms with Crippen molar-refractivity contribution in [3.63, 3.8) is 0 Å². The number of hydrogen-bond donors (Lipinski definition) is 0. The summed E-state index contributed by atoms with van der Waals surface area (Å²) in [5, 5.41) is 5.16. The van der Waals surface area contributed by atoms with Crippen LogP contribution in [0.1, 0.15) is 29.8 Å². The maximum absolute atomic E-state index is 4.35. The lowest BCUT2D eigenvalue weighted by atomic mass is 9.96. The molecule has 0 aliphatic carbocycles. The molecule has 0 aliphatic heterocycles. The molecule has 1 heterocycles. The van der Waals surface area contributed by atoms with Crippen molar-refractivity contribution in [1.82, 2.24) is 14.8 Å². The summed E-state index contributed by atoms with van der Waals surface area (Å²) in [5.74, 6) is 1.50. The second kappa shape index (κ2) is 6.14. The molecule has 0 N–H and O–H groups in total. The number of halogens is 1. The number of alkyl halides is 1. The van der Waals surface area contributed by atoms with Crippen LogP contribution in [0, 0.1) is 6.92 Å². The largest absolute Gasteiger partial charge is 0.250 e. The number of aromatic nitrogens is 3. The summed E-state index contributed by atoms with van der Waals surface area (Å²) >= 11 is 3.61. The van der Waals surface area contributed by atoms with Gasteiger partial charge in [0.05, 0.1) is 0 Å². The van der Waals surface area contributed by atoms with Crippen molar-refractivity contribution in [2.45, 2.75) is 32.7 Å². The Hall–Kier alpha value is -1.16. The predicted octanol–water partition coefficient (Wildman–Crippen LogP) is 3.33. The second-order valence-electron chi connectivity index (χ2n) is 4.46. The van der Waals surface area contributed by atoms with Crippen LogP contribution >= 0.6 is 15.9 Å². The highest BCUT2D eigenvalue weighted by Crippen LogP contribution is 2.23. The minimum Gasteiger partial charge on any atom is -0.250 e. The van der Waals surface area contributed by atoms with E-state index >= 15 is 0 Å². The van der Waals surface area contributed by atoms with Crippen molar-refractivity contribution in [3.05, 3.63) is 47.5 Å². The summed E-state index contributed by atoms with van der Waals surface area (Å²) in [6.07, 6.45) is 2.56. The van der Waals surface area contributed by atoms with Gasteiger partial charge < -0.3 is 0 Å². The van der Waals surface area contributed by atoms with E-state index in [0.29, 0.717) is 5.92 Å². The van der Waals surface area contributed by atoms with Gasteiger partial charge in [-0.25, -0.2) is 4.98 Å². The Bertz CT molecular complexity index is 507. The molecule has 0 radical (unpaired) electrons. The highest BCUT2D eigenvalue weighted by Gasteiger charge is 2.14. The van der Waals surface area contributed by atoms with Crippen molar-refractivity contribution in [2.75, 3.05) is 5.33 Å². The monoisotopic (exact) mass is 307 g/mol. The van der Waals surface area contributed by atoms with Crippen LogP contribution < -0.4 is 0 Å². The van der Waals surface area contributed by atoms with Crippen LogP contribution in [-0.2, 0) is 13.0 Å². The third-order valence-electron chi connectivity index (χ3n) is 3.12. The van der Waals surface area contributed by atoms with E-state index in [2.05, 4.69) is 64.1 Å². The van der Waals surface area contributed by atoms with E-state index in [4.69, 9.17) is 0 Å². The molecule has 0 aliphatic rings. The quantitative estimate of drug-likeness (QED) is 0.793. The average Bonchev–Trinajstić information content (AvgIpc) is 2.83. The highest BCUT2D eigenvalue weighted by atomic mass is 79.9. The fraction of sp³-hybridized carbons (Fsp3) is 0.429. The first-order valence-corrected chi connectivity index (χ1v) is 7.36. The Morgan fingerprint density at radius 2 is 2.22 bits per heavy atom. The van der Waals surface area contributed by atoms with Gasteiger partial charge in [-0.1, -0.05) is 45.8 Å². The first kappa shape index (κ1) is 13.3. The Kier molecular flexibility index (Phi) is 4.53. The predicted molar refractivity (Wildman–Crippen MR) is 77.1 cm³/mol. The third-order valence-corrected chi connectivity index (χ3v) is 3.91. The van der Waals surface area contributed by atoms with Crippen LogP contribution in [0.25, 0.3) is 0 Å². The summed E-state index contributed by atoms with van der Waals surface area (Å²) in [6, 6.07) is 8.68.